The Hall–Kier alpha value is -3.32. The summed E-state index contributed by atoms with van der Waals surface area (Å²) in [5, 5.41) is 6.61. The van der Waals surface area contributed by atoms with Crippen molar-refractivity contribution in [2.24, 2.45) is 4.99 Å². The Morgan fingerprint density at radius 3 is 2.52 bits per heavy atom. The molecule has 0 amide bonds. The lowest BCUT2D eigenvalue weighted by atomic mass is 10.00. The first-order chi connectivity index (χ1) is 19.4. The van der Waals surface area contributed by atoms with Gasteiger partial charge in [0.05, 0.1) is 31.4 Å². The fourth-order valence-electron chi connectivity index (χ4n) is 4.57. The Labute approximate surface area is 244 Å². The maximum absolute atomic E-state index is 12.5. The van der Waals surface area contributed by atoms with Gasteiger partial charge in [-0.3, -0.25) is 4.99 Å². The van der Waals surface area contributed by atoms with Crippen LogP contribution in [0.4, 0.5) is 19.4 Å². The number of nitrogens with zero attached hydrogens (tertiary/aromatic N) is 3. The minimum Gasteiger partial charge on any atom is -0.495 e. The second-order valence-electron chi connectivity index (χ2n) is 10.5. The van der Waals surface area contributed by atoms with Crippen molar-refractivity contribution in [1.29, 1.82) is 0 Å². The van der Waals surface area contributed by atoms with Gasteiger partial charge in [0.25, 0.3) is 0 Å². The Morgan fingerprint density at radius 2 is 1.90 bits per heavy atom. The van der Waals surface area contributed by atoms with Crippen LogP contribution < -0.4 is 15.4 Å². The van der Waals surface area contributed by atoms with Gasteiger partial charge in [-0.2, -0.15) is 0 Å². The second-order valence-corrected chi connectivity index (χ2v) is 12.6. The summed E-state index contributed by atoms with van der Waals surface area (Å²) in [4.78, 5) is 9.13. The molecule has 3 rings (SSSR count). The van der Waals surface area contributed by atoms with Gasteiger partial charge in [0.1, 0.15) is 17.2 Å². The van der Waals surface area contributed by atoms with E-state index in [0.717, 1.165) is 53.4 Å². The fourth-order valence-corrected chi connectivity index (χ4v) is 4.90. The lowest BCUT2D eigenvalue weighted by molar-refractivity contribution is 0.172. The molecule has 0 bridgehead atoms. The van der Waals surface area contributed by atoms with Gasteiger partial charge in [0.15, 0.2) is 0 Å². The average Bonchev–Trinajstić information content (AvgIpc) is 3.34. The van der Waals surface area contributed by atoms with Gasteiger partial charge in [-0.25, -0.2) is 9.17 Å². The number of rotatable bonds is 12. The molecule has 1 aliphatic rings. The highest BCUT2D eigenvalue weighted by Crippen LogP contribution is 2.98. The first-order valence-corrected chi connectivity index (χ1v) is 15.6. The van der Waals surface area contributed by atoms with E-state index in [1.807, 2.05) is 44.5 Å². The molecule has 0 fully saturated rings. The van der Waals surface area contributed by atoms with Gasteiger partial charge in [0.2, 0.25) is 0 Å². The maximum Gasteiger partial charge on any atom is 0.397 e. The highest BCUT2D eigenvalue weighted by atomic mass is 32.5. The fraction of sp³-hybridized carbons (Fsp3) is 0.448. The number of ether oxygens (including phenoxy) is 1. The van der Waals surface area contributed by atoms with Crippen LogP contribution in [0.3, 0.4) is 0 Å². The Balaban J connectivity index is 1.80. The van der Waals surface area contributed by atoms with E-state index in [-0.39, 0.29) is 0 Å². The number of imidazole rings is 1. The third kappa shape index (κ3) is 10.2. The largest absolute Gasteiger partial charge is 0.495 e. The molecule has 2 N–H and O–H groups in total. The molecule has 0 unspecified atom stereocenters. The standard InChI is InChI=1S/C29H40F5N5O2S/c1-7-11-25(13-10-15-41-42(30,31,32,33)34)37-29(4,5)38-28-23(12-9-14-35-28)17-22-16-21(3)27(26(18-22)40-6)39-19-24(8-2)36-20-39/h10-11,13,16-20,37H,7-9,12,14-15H2,1-6H3,(H,35,38)/b13-10-,23-17+,25-11+. The lowest BCUT2D eigenvalue weighted by Gasteiger charge is -2.38. The van der Waals surface area contributed by atoms with E-state index in [1.54, 1.807) is 19.5 Å². The molecule has 0 radical (unpaired) electrons. The molecule has 1 aromatic heterocycles. The molecule has 2 aromatic rings. The molecule has 7 nitrogen and oxygen atoms in total. The number of hydrogen-bond acceptors (Lipinski definition) is 6. The van der Waals surface area contributed by atoms with Crippen molar-refractivity contribution in [3.8, 4) is 11.4 Å². The zero-order valence-electron chi connectivity index (χ0n) is 24.8. The normalized spacial score (nSPS) is 17.6. The van der Waals surface area contributed by atoms with E-state index in [4.69, 9.17) is 9.73 Å². The number of aryl methyl sites for hydroxylation is 2. The van der Waals surface area contributed by atoms with Gasteiger partial charge >= 0.3 is 10.5 Å². The van der Waals surface area contributed by atoms with Gasteiger partial charge in [-0.1, -0.05) is 45.4 Å². The number of amidine groups is 1. The quantitative estimate of drug-likeness (QED) is 0.142. The van der Waals surface area contributed by atoms with Crippen molar-refractivity contribution >= 4 is 22.4 Å². The van der Waals surface area contributed by atoms with E-state index in [0.29, 0.717) is 30.2 Å². The SMILES string of the molecule is CC/C=C(\C=C/COS(F)(F)(F)(F)F)NC(C)(C)NC1=NCCC/C1=C\c1cc(C)c(-n2cnc(CC)c2)c(OC)c1. The van der Waals surface area contributed by atoms with Gasteiger partial charge < -0.3 is 19.9 Å². The van der Waals surface area contributed by atoms with E-state index >= 15 is 0 Å². The van der Waals surface area contributed by atoms with Crippen molar-refractivity contribution in [2.75, 3.05) is 20.3 Å². The van der Waals surface area contributed by atoms with E-state index in [9.17, 15) is 19.4 Å². The third-order valence-electron chi connectivity index (χ3n) is 6.28. The molecule has 1 aliphatic heterocycles. The number of hydrogen-bond donors (Lipinski definition) is 2. The van der Waals surface area contributed by atoms with E-state index in [1.165, 1.54) is 6.08 Å². The van der Waals surface area contributed by atoms with Crippen LogP contribution in [0, 0.1) is 6.92 Å². The summed E-state index contributed by atoms with van der Waals surface area (Å²) in [5.41, 5.74) is 4.50. The summed E-state index contributed by atoms with van der Waals surface area (Å²) in [6.45, 7) is 8.96. The second kappa shape index (κ2) is 12.1. The zero-order valence-corrected chi connectivity index (χ0v) is 25.6. The lowest BCUT2D eigenvalue weighted by Crippen LogP contribution is -2.54. The topological polar surface area (TPSA) is 72.7 Å². The number of benzene rings is 1. The molecule has 234 valence electrons. The minimum atomic E-state index is -9.93. The van der Waals surface area contributed by atoms with Gasteiger partial charge in [0, 0.05) is 18.4 Å². The molecule has 0 saturated heterocycles. The number of aromatic nitrogens is 2. The van der Waals surface area contributed by atoms with Crippen molar-refractivity contribution in [1.82, 2.24) is 20.2 Å². The number of methoxy groups -OCH3 is 1. The molecular formula is C29H40F5N5O2S. The Morgan fingerprint density at radius 1 is 1.17 bits per heavy atom. The molecule has 42 heavy (non-hydrogen) atoms. The molecule has 13 heteroatoms. The van der Waals surface area contributed by atoms with Crippen molar-refractivity contribution in [3.63, 3.8) is 0 Å². The van der Waals surface area contributed by atoms with Crippen LogP contribution in [0.25, 0.3) is 11.8 Å². The first kappa shape index (κ1) is 33.2. The predicted octanol–water partition coefficient (Wildman–Crippen LogP) is 8.32. The van der Waals surface area contributed by atoms with E-state index in [2.05, 4.69) is 38.9 Å². The summed E-state index contributed by atoms with van der Waals surface area (Å²) in [5.74, 6) is 1.40. The number of allylic oxidation sites excluding steroid dienone is 2. The van der Waals surface area contributed by atoms with Gasteiger partial charge in [-0.05, 0) is 87.4 Å². The van der Waals surface area contributed by atoms with Crippen LogP contribution in [0.15, 0.2) is 59.1 Å². The summed E-state index contributed by atoms with van der Waals surface area (Å²) in [6, 6.07) is 4.05. The van der Waals surface area contributed by atoms with Crippen LogP contribution in [0.2, 0.25) is 0 Å². The highest BCUT2D eigenvalue weighted by molar-refractivity contribution is 8.42. The van der Waals surface area contributed by atoms with Crippen LogP contribution in [0.5, 0.6) is 5.75 Å². The number of halogens is 5. The molecule has 0 saturated carbocycles. The van der Waals surface area contributed by atoms with Crippen LogP contribution in [-0.4, -0.2) is 41.3 Å². The first-order valence-electron chi connectivity index (χ1n) is 13.7. The third-order valence-corrected chi connectivity index (χ3v) is 6.86. The summed E-state index contributed by atoms with van der Waals surface area (Å²) >= 11 is 0. The number of aliphatic imine (C=N–C) groups is 1. The summed E-state index contributed by atoms with van der Waals surface area (Å²) < 4.78 is 73.0. The van der Waals surface area contributed by atoms with E-state index < -0.39 is 22.8 Å². The molecule has 0 spiro atoms. The smallest absolute Gasteiger partial charge is 0.397 e. The van der Waals surface area contributed by atoms with Crippen LogP contribution in [0.1, 0.15) is 63.8 Å². The molecule has 0 aliphatic carbocycles. The number of nitrogens with one attached hydrogen (secondary N) is 2. The van der Waals surface area contributed by atoms with Gasteiger partial charge in [-0.15, -0.1) is 0 Å². The monoisotopic (exact) mass is 617 g/mol. The summed E-state index contributed by atoms with van der Waals surface area (Å²) in [6.07, 6.45) is 12.8. The Kier molecular flexibility index (Phi) is 9.57. The molecule has 2 heterocycles. The molecule has 1 aromatic carbocycles. The highest BCUT2D eigenvalue weighted by Gasteiger charge is 2.65. The van der Waals surface area contributed by atoms with Crippen molar-refractivity contribution < 1.29 is 28.3 Å². The van der Waals surface area contributed by atoms with Crippen LogP contribution >= 0.6 is 10.5 Å². The van der Waals surface area contributed by atoms with Crippen molar-refractivity contribution in [3.05, 3.63) is 71.0 Å². The molecule has 0 atom stereocenters. The maximum atomic E-state index is 12.5. The average molecular weight is 618 g/mol. The predicted molar refractivity (Wildman–Crippen MR) is 161 cm³/mol. The minimum absolute atomic E-state index is 0.448. The summed E-state index contributed by atoms with van der Waals surface area (Å²) in [7, 11) is -8.30. The van der Waals surface area contributed by atoms with Crippen LogP contribution in [-0.2, 0) is 10.6 Å². The Bertz CT molecular complexity index is 1400. The van der Waals surface area contributed by atoms with Crippen molar-refractivity contribution in [2.45, 2.75) is 66.0 Å². The zero-order chi connectivity index (χ0) is 31.2. The molecular weight excluding hydrogens is 577 g/mol.